The molecular formula is C58H71N13O5S. The Bertz CT molecular complexity index is 3150. The third-order valence-corrected chi connectivity index (χ3v) is 17.7. The number of aromatic nitrogens is 7. The molecule has 4 atom stereocenters. The molecule has 2 amide bonds. The fourth-order valence-corrected chi connectivity index (χ4v) is 13.0. The smallest absolute Gasteiger partial charge is 0.243 e. The SMILES string of the molecule is CNc1nn(C2CCN(c3ccc(C4CCN(CC5CCN(c6cc([C@H](C(=O)N7C[C@H](O)C[C@H]7C(=O)N[C@@H](C)c7ccc(-c8scnc8C)cc7)C(C)C)on6)CC5)CC4)cn3)CC2)c2cc(-c3ccccc3O)nnc12. The molecule has 18 nitrogen and oxygen atoms in total. The minimum absolute atomic E-state index is 0.0869. The molecule has 0 spiro atoms. The largest absolute Gasteiger partial charge is 0.507 e. The normalized spacial score (nSPS) is 20.1. The van der Waals surface area contributed by atoms with Gasteiger partial charge in [0.25, 0.3) is 0 Å². The molecule has 4 saturated heterocycles. The van der Waals surface area contributed by atoms with E-state index in [0.717, 1.165) is 129 Å². The first-order chi connectivity index (χ1) is 37.4. The van der Waals surface area contributed by atoms with Crippen LogP contribution in [0.25, 0.3) is 32.7 Å². The summed E-state index contributed by atoms with van der Waals surface area (Å²) in [4.78, 5) is 47.6. The van der Waals surface area contributed by atoms with Crippen molar-refractivity contribution in [1.82, 2.24) is 50.2 Å². The molecule has 4 aliphatic heterocycles. The minimum atomic E-state index is -0.800. The van der Waals surface area contributed by atoms with Crippen LogP contribution in [-0.4, -0.2) is 138 Å². The zero-order valence-electron chi connectivity index (χ0n) is 44.8. The maximum Gasteiger partial charge on any atom is 0.243 e. The fraction of sp³-hybridized carbons (Fsp3) is 0.483. The number of aliphatic hydroxyl groups is 1. The summed E-state index contributed by atoms with van der Waals surface area (Å²) in [6.07, 6.45) is 7.66. The van der Waals surface area contributed by atoms with E-state index in [-0.39, 0.29) is 48.5 Å². The van der Waals surface area contributed by atoms with Crippen molar-refractivity contribution in [3.63, 3.8) is 0 Å². The Morgan fingerprint density at radius 3 is 2.29 bits per heavy atom. The molecule has 0 radical (unpaired) electrons. The minimum Gasteiger partial charge on any atom is -0.507 e. The molecule has 0 saturated carbocycles. The van der Waals surface area contributed by atoms with E-state index in [1.54, 1.807) is 28.4 Å². The second-order valence-electron chi connectivity index (χ2n) is 22.0. The number of carbonyl (C=O) groups excluding carboxylic acids is 2. The number of piperidine rings is 3. The number of hydrogen-bond donors (Lipinski definition) is 4. The molecule has 0 aliphatic carbocycles. The quantitative estimate of drug-likeness (QED) is 0.0759. The zero-order valence-corrected chi connectivity index (χ0v) is 45.6. The summed E-state index contributed by atoms with van der Waals surface area (Å²) in [7, 11) is 1.85. The number of hydrogen-bond acceptors (Lipinski definition) is 16. The number of thiazole rings is 1. The van der Waals surface area contributed by atoms with E-state index in [1.165, 1.54) is 5.56 Å². The van der Waals surface area contributed by atoms with Crippen molar-refractivity contribution in [1.29, 1.82) is 0 Å². The number of nitrogens with zero attached hydrogens (tertiary/aromatic N) is 11. The number of benzene rings is 2. The number of pyridine rings is 1. The molecule has 404 valence electrons. The van der Waals surface area contributed by atoms with E-state index < -0.39 is 18.1 Å². The van der Waals surface area contributed by atoms with Crippen LogP contribution in [0.2, 0.25) is 0 Å². The van der Waals surface area contributed by atoms with Gasteiger partial charge >= 0.3 is 0 Å². The zero-order chi connectivity index (χ0) is 53.3. The highest BCUT2D eigenvalue weighted by atomic mass is 32.1. The number of phenolic OH excluding ortho intramolecular Hbond substituents is 1. The van der Waals surface area contributed by atoms with Gasteiger partial charge in [0.2, 0.25) is 11.8 Å². The highest BCUT2D eigenvalue weighted by Gasteiger charge is 2.44. The number of aryl methyl sites for hydroxylation is 1. The van der Waals surface area contributed by atoms with E-state index in [0.29, 0.717) is 34.7 Å². The second-order valence-corrected chi connectivity index (χ2v) is 22.9. The number of fused-ring (bicyclic) bond motifs is 1. The number of nitrogens with one attached hydrogen (secondary N) is 2. The van der Waals surface area contributed by atoms with Crippen molar-refractivity contribution in [3.05, 3.63) is 107 Å². The Labute approximate surface area is 453 Å². The van der Waals surface area contributed by atoms with Crippen molar-refractivity contribution < 1.29 is 24.3 Å². The van der Waals surface area contributed by atoms with Crippen LogP contribution in [0.4, 0.5) is 17.5 Å². The first kappa shape index (κ1) is 52.1. The van der Waals surface area contributed by atoms with Gasteiger partial charge in [-0.05, 0) is 124 Å². The van der Waals surface area contributed by atoms with E-state index in [4.69, 9.17) is 14.6 Å². The van der Waals surface area contributed by atoms with Crippen LogP contribution in [0.15, 0.2) is 89.0 Å². The summed E-state index contributed by atoms with van der Waals surface area (Å²) in [5.41, 5.74) is 9.07. The third-order valence-electron chi connectivity index (χ3n) is 16.7. The monoisotopic (exact) mass is 1060 g/mol. The van der Waals surface area contributed by atoms with Gasteiger partial charge in [-0.2, -0.15) is 5.10 Å². The van der Waals surface area contributed by atoms with Gasteiger partial charge in [0.05, 0.1) is 45.5 Å². The Balaban J connectivity index is 0.633. The van der Waals surface area contributed by atoms with Crippen molar-refractivity contribution in [3.8, 4) is 27.4 Å². The van der Waals surface area contributed by atoms with Crippen LogP contribution in [-0.2, 0) is 9.59 Å². The van der Waals surface area contributed by atoms with Gasteiger partial charge in [0.1, 0.15) is 23.5 Å². The van der Waals surface area contributed by atoms with Gasteiger partial charge in [-0.15, -0.1) is 21.5 Å². The van der Waals surface area contributed by atoms with Crippen molar-refractivity contribution in [2.75, 3.05) is 74.5 Å². The number of aliphatic hydroxyl groups excluding tert-OH is 1. The highest BCUT2D eigenvalue weighted by molar-refractivity contribution is 7.13. The van der Waals surface area contributed by atoms with Gasteiger partial charge in [-0.1, -0.05) is 61.5 Å². The number of anilines is 3. The maximum atomic E-state index is 14.4. The Hall–Kier alpha value is -6.96. The van der Waals surface area contributed by atoms with E-state index in [9.17, 15) is 19.8 Å². The maximum absolute atomic E-state index is 14.4. The average molecular weight is 1060 g/mol. The number of phenols is 1. The lowest BCUT2D eigenvalue weighted by Crippen LogP contribution is -2.48. The van der Waals surface area contributed by atoms with Gasteiger partial charge in [0.15, 0.2) is 22.9 Å². The number of para-hydroxylation sites is 1. The standard InChI is InChI=1S/C58H71N13O5S/c1-35(2)53(58(75)70-33-44(72)28-48(70)57(74)62-36(3)39-10-12-41(13-11-39)55-37(4)61-34-77-55)50-30-52(66-76-50)69-24-16-38(17-25-69)32-67-22-18-40(19-23-67)42-14-15-51(60-31-42)68-26-20-43(21-27-68)71-47-29-46(45-8-6-7-9-49(45)73)63-64-54(47)56(59-5)65-71/h6-15,29-31,34-36,38,40,43-44,48,53,72-73H,16-28,32-33H2,1-5H3,(H,59,65)(H,62,74)/t36-,44+,48-,53+/m0/s1. The van der Waals surface area contributed by atoms with Gasteiger partial charge in [0, 0.05) is 70.6 Å². The predicted octanol–water partition coefficient (Wildman–Crippen LogP) is 8.57. The molecular weight excluding hydrogens is 991 g/mol. The van der Waals surface area contributed by atoms with E-state index >= 15 is 0 Å². The van der Waals surface area contributed by atoms with E-state index in [2.05, 4.69) is 68.7 Å². The first-order valence-electron chi connectivity index (χ1n) is 27.5. The summed E-state index contributed by atoms with van der Waals surface area (Å²) in [6.45, 7) is 14.7. The molecule has 4 aliphatic rings. The van der Waals surface area contributed by atoms with Crippen molar-refractivity contribution in [2.24, 2.45) is 11.8 Å². The third kappa shape index (κ3) is 11.0. The molecule has 2 aromatic carbocycles. The molecule has 19 heteroatoms. The van der Waals surface area contributed by atoms with Crippen LogP contribution >= 0.6 is 11.3 Å². The summed E-state index contributed by atoms with van der Waals surface area (Å²) in [6, 6.07) is 22.8. The van der Waals surface area contributed by atoms with Gasteiger partial charge in [-0.25, -0.2) is 9.97 Å². The van der Waals surface area contributed by atoms with Gasteiger partial charge < -0.3 is 45.0 Å². The molecule has 7 aromatic rings. The highest BCUT2D eigenvalue weighted by Crippen LogP contribution is 2.38. The van der Waals surface area contributed by atoms with Crippen LogP contribution in [0.3, 0.4) is 0 Å². The number of carbonyl (C=O) groups is 2. The Morgan fingerprint density at radius 1 is 0.857 bits per heavy atom. The summed E-state index contributed by atoms with van der Waals surface area (Å²) >= 11 is 1.60. The van der Waals surface area contributed by atoms with Crippen molar-refractivity contribution >= 4 is 51.6 Å². The topological polar surface area (TPSA) is 207 Å². The predicted molar refractivity (Wildman–Crippen MR) is 299 cm³/mol. The molecule has 9 heterocycles. The summed E-state index contributed by atoms with van der Waals surface area (Å²) in [5, 5.41) is 46.0. The molecule has 5 aromatic heterocycles. The first-order valence-corrected chi connectivity index (χ1v) is 28.4. The number of aromatic hydroxyl groups is 1. The second kappa shape index (κ2) is 22.6. The average Bonchev–Trinajstić information content (AvgIpc) is 4.30. The Kier molecular flexibility index (Phi) is 15.3. The molecule has 0 unspecified atom stereocenters. The summed E-state index contributed by atoms with van der Waals surface area (Å²) < 4.78 is 8.05. The number of amides is 2. The molecule has 4 fully saturated rings. The molecule has 11 rings (SSSR count). The lowest BCUT2D eigenvalue weighted by atomic mass is 9.89. The lowest BCUT2D eigenvalue weighted by molar-refractivity contribution is -0.141. The van der Waals surface area contributed by atoms with Crippen LogP contribution < -0.4 is 20.4 Å². The van der Waals surface area contributed by atoms with Crippen LogP contribution in [0.1, 0.15) is 112 Å². The molecule has 77 heavy (non-hydrogen) atoms. The molecule has 4 N–H and O–H groups in total. The van der Waals surface area contributed by atoms with E-state index in [1.807, 2.05) is 88.8 Å². The van der Waals surface area contributed by atoms with Crippen molar-refractivity contribution in [2.45, 2.75) is 109 Å². The number of likely N-dealkylation sites (tertiary alicyclic amines) is 2. The number of rotatable bonds is 15. The van der Waals surface area contributed by atoms with Gasteiger partial charge in [-0.3, -0.25) is 14.3 Å². The lowest BCUT2D eigenvalue weighted by Gasteiger charge is -2.38. The van der Waals surface area contributed by atoms with Crippen LogP contribution in [0.5, 0.6) is 5.75 Å². The number of β-amino-alcohol motifs (C(OH)–C–C–N with tert-alkyl or cyclic N) is 1. The Morgan fingerprint density at radius 2 is 1.60 bits per heavy atom. The van der Waals surface area contributed by atoms with Crippen LogP contribution in [0, 0.1) is 18.8 Å². The molecule has 0 bridgehead atoms. The fourth-order valence-electron chi connectivity index (χ4n) is 12.2. The summed E-state index contributed by atoms with van der Waals surface area (Å²) in [5.74, 6) is 2.92.